The van der Waals surface area contributed by atoms with Crippen LogP contribution >= 0.6 is 0 Å². The lowest BCUT2D eigenvalue weighted by Gasteiger charge is -2.52. The SMILES string of the molecule is Cc1cc2c3c(c1)[C@@]1(C(=O)N3C3(CCCCCC3)CC2(C)C)C(C#N)=C(N)OC2=C1C(=O)CCC2. The molecule has 1 aromatic rings. The van der Waals surface area contributed by atoms with E-state index in [0.717, 1.165) is 54.5 Å². The number of Topliss-reactive ketones (excluding diaryl/α,β-unsaturated/α-hetero) is 1. The highest BCUT2D eigenvalue weighted by molar-refractivity contribution is 6.21. The average molecular weight is 472 g/mol. The van der Waals surface area contributed by atoms with Crippen LogP contribution in [0.4, 0.5) is 5.69 Å². The van der Waals surface area contributed by atoms with Crippen molar-refractivity contribution in [2.24, 2.45) is 5.73 Å². The Kier molecular flexibility index (Phi) is 4.62. The van der Waals surface area contributed by atoms with Crippen molar-refractivity contribution in [3.05, 3.63) is 51.6 Å². The molecule has 0 bridgehead atoms. The first-order valence-electron chi connectivity index (χ1n) is 13.0. The van der Waals surface area contributed by atoms with Gasteiger partial charge in [0.15, 0.2) is 5.78 Å². The molecule has 182 valence electrons. The standard InChI is InChI=1S/C29H33N3O3/c1-17-13-18-24-19(14-17)29(20(15-30)25(31)35-22-10-8-9-21(33)23(22)29)26(34)32(24)28(16-27(18,2)3)11-6-4-5-7-12-28/h13-14H,4-12,16,31H2,1-3H3/t29-/m1/s1. The molecule has 1 fully saturated rings. The van der Waals surface area contributed by atoms with E-state index < -0.39 is 5.41 Å². The van der Waals surface area contributed by atoms with Gasteiger partial charge >= 0.3 is 0 Å². The molecule has 0 unspecified atom stereocenters. The molecular formula is C29H33N3O3. The van der Waals surface area contributed by atoms with Crippen molar-refractivity contribution in [3.8, 4) is 6.07 Å². The van der Waals surface area contributed by atoms with Crippen LogP contribution in [0.15, 0.2) is 34.9 Å². The zero-order chi connectivity index (χ0) is 24.8. The van der Waals surface area contributed by atoms with Gasteiger partial charge in [0.05, 0.1) is 11.3 Å². The van der Waals surface area contributed by atoms with E-state index in [1.54, 1.807) is 0 Å². The lowest BCUT2D eigenvalue weighted by atomic mass is 9.64. The van der Waals surface area contributed by atoms with Gasteiger partial charge in [-0.2, -0.15) is 5.26 Å². The third-order valence-electron chi connectivity index (χ3n) is 9.12. The zero-order valence-electron chi connectivity index (χ0n) is 20.9. The third-order valence-corrected chi connectivity index (χ3v) is 9.12. The van der Waals surface area contributed by atoms with E-state index in [-0.39, 0.29) is 34.1 Å². The molecule has 6 nitrogen and oxygen atoms in total. The van der Waals surface area contributed by atoms with Gasteiger partial charge in [0.2, 0.25) is 11.8 Å². The van der Waals surface area contributed by atoms with Gasteiger partial charge in [0.25, 0.3) is 0 Å². The number of nitriles is 1. The number of rotatable bonds is 0. The molecule has 2 aliphatic carbocycles. The Balaban J connectivity index is 1.75. The molecule has 2 N–H and O–H groups in total. The maximum atomic E-state index is 15.0. The molecule has 0 saturated heterocycles. The summed E-state index contributed by atoms with van der Waals surface area (Å²) >= 11 is 0. The van der Waals surface area contributed by atoms with Crippen molar-refractivity contribution in [1.29, 1.82) is 5.26 Å². The highest BCUT2D eigenvalue weighted by Crippen LogP contribution is 2.63. The fourth-order valence-corrected chi connectivity index (χ4v) is 7.89. The zero-order valence-corrected chi connectivity index (χ0v) is 20.9. The van der Waals surface area contributed by atoms with Gasteiger partial charge in [-0.05, 0) is 43.6 Å². The molecule has 1 aromatic carbocycles. The van der Waals surface area contributed by atoms with E-state index >= 15 is 4.79 Å². The predicted molar refractivity (Wildman–Crippen MR) is 132 cm³/mol. The van der Waals surface area contributed by atoms with Gasteiger partial charge in [-0.1, -0.05) is 57.2 Å². The summed E-state index contributed by atoms with van der Waals surface area (Å²) in [6, 6.07) is 6.45. The Bertz CT molecular complexity index is 1290. The molecule has 1 amide bonds. The van der Waals surface area contributed by atoms with Gasteiger partial charge in [0, 0.05) is 23.9 Å². The molecule has 6 heteroatoms. The van der Waals surface area contributed by atoms with E-state index in [1.165, 1.54) is 12.8 Å². The van der Waals surface area contributed by atoms with Crippen LogP contribution in [-0.4, -0.2) is 17.2 Å². The third kappa shape index (κ3) is 2.70. The fourth-order valence-electron chi connectivity index (χ4n) is 7.89. The Morgan fingerprint density at radius 1 is 1.03 bits per heavy atom. The first kappa shape index (κ1) is 22.4. The molecular weight excluding hydrogens is 438 g/mol. The number of hydrogen-bond acceptors (Lipinski definition) is 5. The van der Waals surface area contributed by atoms with Gasteiger partial charge in [0.1, 0.15) is 22.8 Å². The van der Waals surface area contributed by atoms with Crippen LogP contribution in [0, 0.1) is 18.3 Å². The molecule has 0 radical (unpaired) electrons. The number of amides is 1. The quantitative estimate of drug-likeness (QED) is 0.569. The van der Waals surface area contributed by atoms with Crippen LogP contribution in [0.5, 0.6) is 0 Å². The van der Waals surface area contributed by atoms with Crippen molar-refractivity contribution in [3.63, 3.8) is 0 Å². The smallest absolute Gasteiger partial charge is 0.248 e. The number of aryl methyl sites for hydroxylation is 1. The highest BCUT2D eigenvalue weighted by atomic mass is 16.5. The normalized spacial score (nSPS) is 28.6. The van der Waals surface area contributed by atoms with E-state index in [2.05, 4.69) is 26.0 Å². The highest BCUT2D eigenvalue weighted by Gasteiger charge is 2.67. The number of benzene rings is 1. The Morgan fingerprint density at radius 3 is 2.40 bits per heavy atom. The molecule has 0 aromatic heterocycles. The number of hydrogen-bond donors (Lipinski definition) is 1. The van der Waals surface area contributed by atoms with E-state index in [4.69, 9.17) is 10.5 Å². The van der Waals surface area contributed by atoms with Crippen molar-refractivity contribution >= 4 is 17.4 Å². The van der Waals surface area contributed by atoms with E-state index in [0.29, 0.717) is 30.6 Å². The molecule has 3 aliphatic heterocycles. The molecule has 2 spiro atoms. The fraction of sp³-hybridized carbons (Fsp3) is 0.552. The number of carbonyl (C=O) groups is 2. The number of nitrogens with two attached hydrogens (primary N) is 1. The summed E-state index contributed by atoms with van der Waals surface area (Å²) in [6.07, 6.45) is 8.76. The first-order valence-corrected chi connectivity index (χ1v) is 13.0. The number of carbonyl (C=O) groups excluding carboxylic acids is 2. The van der Waals surface area contributed by atoms with E-state index in [1.807, 2.05) is 17.9 Å². The van der Waals surface area contributed by atoms with Gasteiger partial charge in [-0.15, -0.1) is 0 Å². The number of ether oxygens (including phenoxy) is 1. The lowest BCUT2D eigenvalue weighted by Crippen LogP contribution is -2.60. The first-order chi connectivity index (χ1) is 16.7. The molecule has 6 rings (SSSR count). The second-order valence-electron chi connectivity index (χ2n) is 11.8. The molecule has 1 atom stereocenters. The van der Waals surface area contributed by atoms with Gasteiger partial charge in [-0.25, -0.2) is 0 Å². The molecule has 1 saturated carbocycles. The largest absolute Gasteiger partial charge is 0.444 e. The lowest BCUT2D eigenvalue weighted by molar-refractivity contribution is -0.126. The summed E-state index contributed by atoms with van der Waals surface area (Å²) in [5.74, 6) is 0.139. The number of fused-ring (bicyclic) bond motifs is 3. The van der Waals surface area contributed by atoms with Gasteiger partial charge < -0.3 is 15.4 Å². The maximum absolute atomic E-state index is 15.0. The van der Waals surface area contributed by atoms with Crippen LogP contribution in [-0.2, 0) is 25.2 Å². The summed E-state index contributed by atoms with van der Waals surface area (Å²) < 4.78 is 5.88. The van der Waals surface area contributed by atoms with Crippen LogP contribution in [0.1, 0.15) is 94.7 Å². The van der Waals surface area contributed by atoms with Crippen molar-refractivity contribution in [2.45, 2.75) is 101 Å². The van der Waals surface area contributed by atoms with Crippen molar-refractivity contribution < 1.29 is 14.3 Å². The second-order valence-corrected chi connectivity index (χ2v) is 11.8. The van der Waals surface area contributed by atoms with Crippen molar-refractivity contribution in [2.75, 3.05) is 4.90 Å². The van der Waals surface area contributed by atoms with Crippen molar-refractivity contribution in [1.82, 2.24) is 0 Å². The number of ketones is 1. The number of nitrogens with zero attached hydrogens (tertiary/aromatic N) is 2. The Morgan fingerprint density at radius 2 is 1.71 bits per heavy atom. The summed E-state index contributed by atoms with van der Waals surface area (Å²) in [5.41, 5.74) is 8.59. The minimum atomic E-state index is -1.51. The van der Waals surface area contributed by atoms with Crippen LogP contribution < -0.4 is 10.6 Å². The maximum Gasteiger partial charge on any atom is 0.248 e. The van der Waals surface area contributed by atoms with Crippen LogP contribution in [0.25, 0.3) is 0 Å². The summed E-state index contributed by atoms with van der Waals surface area (Å²) in [4.78, 5) is 30.6. The summed E-state index contributed by atoms with van der Waals surface area (Å²) in [6.45, 7) is 6.58. The van der Waals surface area contributed by atoms with E-state index in [9.17, 15) is 10.1 Å². The number of allylic oxidation sites excluding steroid dienone is 1. The molecule has 3 heterocycles. The molecule has 5 aliphatic rings. The van der Waals surface area contributed by atoms with Crippen LogP contribution in [0.3, 0.4) is 0 Å². The Labute approximate surface area is 206 Å². The summed E-state index contributed by atoms with van der Waals surface area (Å²) in [5, 5.41) is 10.4. The minimum Gasteiger partial charge on any atom is -0.444 e. The predicted octanol–water partition coefficient (Wildman–Crippen LogP) is 5.08. The topological polar surface area (TPSA) is 96.4 Å². The minimum absolute atomic E-state index is 0.0430. The Hall–Kier alpha value is -3.07. The van der Waals surface area contributed by atoms with Crippen LogP contribution in [0.2, 0.25) is 0 Å². The average Bonchev–Trinajstić information content (AvgIpc) is 2.92. The molecule has 35 heavy (non-hydrogen) atoms. The second kappa shape index (κ2) is 7.22. The summed E-state index contributed by atoms with van der Waals surface area (Å²) in [7, 11) is 0. The monoisotopic (exact) mass is 471 g/mol. The number of anilines is 1. The van der Waals surface area contributed by atoms with Gasteiger partial charge in [-0.3, -0.25) is 9.59 Å².